The molecule has 0 aliphatic heterocycles. The Morgan fingerprint density at radius 2 is 2.06 bits per heavy atom. The minimum Gasteiger partial charge on any atom is -0.465 e. The Hall–Kier alpha value is -1.94. The SMILES string of the molecule is COC(=O)c1c(Cl)cc(OC(F)(F)F)cc1C#N. The zero-order valence-corrected chi connectivity index (χ0v) is 9.59. The van der Waals surface area contributed by atoms with E-state index in [1.54, 1.807) is 6.07 Å². The highest BCUT2D eigenvalue weighted by Gasteiger charge is 2.32. The molecule has 0 aliphatic rings. The van der Waals surface area contributed by atoms with Crippen LogP contribution in [-0.2, 0) is 4.74 Å². The van der Waals surface area contributed by atoms with E-state index in [9.17, 15) is 18.0 Å². The quantitative estimate of drug-likeness (QED) is 0.781. The van der Waals surface area contributed by atoms with Gasteiger partial charge in [0.2, 0.25) is 0 Å². The van der Waals surface area contributed by atoms with Gasteiger partial charge in [-0.3, -0.25) is 0 Å². The van der Waals surface area contributed by atoms with Gasteiger partial charge in [-0.05, 0) is 6.07 Å². The molecule has 8 heteroatoms. The van der Waals surface area contributed by atoms with Gasteiger partial charge < -0.3 is 9.47 Å². The molecule has 0 heterocycles. The lowest BCUT2D eigenvalue weighted by atomic mass is 10.1. The molecule has 96 valence electrons. The predicted octanol–water partition coefficient (Wildman–Crippen LogP) is 2.90. The molecule has 4 nitrogen and oxygen atoms in total. The van der Waals surface area contributed by atoms with Crippen LogP contribution in [0.25, 0.3) is 0 Å². The van der Waals surface area contributed by atoms with E-state index in [1.807, 2.05) is 0 Å². The lowest BCUT2D eigenvalue weighted by molar-refractivity contribution is -0.274. The number of ether oxygens (including phenoxy) is 2. The highest BCUT2D eigenvalue weighted by atomic mass is 35.5. The van der Waals surface area contributed by atoms with Crippen molar-refractivity contribution >= 4 is 17.6 Å². The molecule has 18 heavy (non-hydrogen) atoms. The molecule has 0 atom stereocenters. The third kappa shape index (κ3) is 3.28. The third-order valence-electron chi connectivity index (χ3n) is 1.81. The fourth-order valence-corrected chi connectivity index (χ4v) is 1.46. The number of esters is 1. The van der Waals surface area contributed by atoms with Crippen LogP contribution in [0.15, 0.2) is 12.1 Å². The number of carbonyl (C=O) groups is 1. The van der Waals surface area contributed by atoms with Crippen LogP contribution in [0, 0.1) is 11.3 Å². The zero-order chi connectivity index (χ0) is 13.9. The van der Waals surface area contributed by atoms with Crippen LogP contribution in [0.5, 0.6) is 5.75 Å². The molecule has 0 spiro atoms. The van der Waals surface area contributed by atoms with Gasteiger partial charge in [0.15, 0.2) is 0 Å². The van der Waals surface area contributed by atoms with Crippen LogP contribution in [-0.4, -0.2) is 19.4 Å². The van der Waals surface area contributed by atoms with E-state index < -0.39 is 18.1 Å². The topological polar surface area (TPSA) is 59.3 Å². The normalized spacial score (nSPS) is 10.7. The molecule has 0 bridgehead atoms. The van der Waals surface area contributed by atoms with Gasteiger partial charge in [0, 0.05) is 6.07 Å². The summed E-state index contributed by atoms with van der Waals surface area (Å²) in [6.45, 7) is 0. The molecule has 0 fully saturated rings. The number of hydrogen-bond donors (Lipinski definition) is 0. The number of methoxy groups -OCH3 is 1. The molecular weight excluding hydrogens is 275 g/mol. The summed E-state index contributed by atoms with van der Waals surface area (Å²) in [6, 6.07) is 3.08. The van der Waals surface area contributed by atoms with Crippen molar-refractivity contribution in [2.24, 2.45) is 0 Å². The van der Waals surface area contributed by atoms with E-state index in [0.29, 0.717) is 0 Å². The lowest BCUT2D eigenvalue weighted by Gasteiger charge is -2.11. The Balaban J connectivity index is 3.29. The number of nitriles is 1. The van der Waals surface area contributed by atoms with Crippen LogP contribution in [0.2, 0.25) is 5.02 Å². The molecule has 1 rings (SSSR count). The highest BCUT2D eigenvalue weighted by molar-refractivity contribution is 6.34. The van der Waals surface area contributed by atoms with Crippen molar-refractivity contribution < 1.29 is 27.4 Å². The summed E-state index contributed by atoms with van der Waals surface area (Å²) in [5, 5.41) is 8.40. The summed E-state index contributed by atoms with van der Waals surface area (Å²) >= 11 is 5.62. The Morgan fingerprint density at radius 3 is 2.50 bits per heavy atom. The second-order valence-corrected chi connectivity index (χ2v) is 3.39. The standard InChI is InChI=1S/C10H5ClF3NO3/c1-17-9(16)8-5(4-15)2-6(3-7(8)11)18-10(12,13)14/h2-3H,1H3. The molecular formula is C10H5ClF3NO3. The average Bonchev–Trinajstić information content (AvgIpc) is 2.24. The Bertz CT molecular complexity index is 522. The van der Waals surface area contributed by atoms with Crippen molar-refractivity contribution in [2.75, 3.05) is 7.11 Å². The summed E-state index contributed by atoms with van der Waals surface area (Å²) in [5.41, 5.74) is -0.676. The Kier molecular flexibility index (Phi) is 4.03. The molecule has 1 aromatic carbocycles. The molecule has 0 aliphatic carbocycles. The summed E-state index contributed by atoms with van der Waals surface area (Å²) in [6.07, 6.45) is -4.91. The first-order chi connectivity index (χ1) is 8.28. The molecule has 1 aromatic rings. The van der Waals surface area contributed by atoms with Crippen molar-refractivity contribution in [1.29, 1.82) is 5.26 Å². The Morgan fingerprint density at radius 1 is 1.44 bits per heavy atom. The van der Waals surface area contributed by atoms with Gasteiger partial charge in [0.05, 0.1) is 23.3 Å². The van der Waals surface area contributed by atoms with Gasteiger partial charge in [0.1, 0.15) is 11.8 Å². The zero-order valence-electron chi connectivity index (χ0n) is 8.84. The van der Waals surface area contributed by atoms with E-state index in [2.05, 4.69) is 9.47 Å². The second kappa shape index (κ2) is 5.14. The minimum atomic E-state index is -4.91. The van der Waals surface area contributed by atoms with Crippen LogP contribution in [0.1, 0.15) is 15.9 Å². The van der Waals surface area contributed by atoms with E-state index >= 15 is 0 Å². The first-order valence-corrected chi connectivity index (χ1v) is 4.74. The van der Waals surface area contributed by atoms with Gasteiger partial charge in [0.25, 0.3) is 0 Å². The monoisotopic (exact) mass is 279 g/mol. The fourth-order valence-electron chi connectivity index (χ4n) is 1.17. The van der Waals surface area contributed by atoms with Gasteiger partial charge in [-0.25, -0.2) is 4.79 Å². The maximum Gasteiger partial charge on any atom is 0.573 e. The Labute approximate surface area is 104 Å². The summed E-state index contributed by atoms with van der Waals surface area (Å²) < 4.78 is 44.0. The van der Waals surface area contributed by atoms with Crippen molar-refractivity contribution in [1.82, 2.24) is 0 Å². The molecule has 0 aromatic heterocycles. The van der Waals surface area contributed by atoms with E-state index in [-0.39, 0.29) is 16.1 Å². The number of alkyl halides is 3. The smallest absolute Gasteiger partial charge is 0.465 e. The van der Waals surface area contributed by atoms with Crippen molar-refractivity contribution in [3.05, 3.63) is 28.3 Å². The number of halogens is 4. The highest BCUT2D eigenvalue weighted by Crippen LogP contribution is 2.30. The van der Waals surface area contributed by atoms with E-state index in [1.165, 1.54) is 0 Å². The van der Waals surface area contributed by atoms with E-state index in [0.717, 1.165) is 19.2 Å². The summed E-state index contributed by atoms with van der Waals surface area (Å²) in [7, 11) is 1.06. The maximum absolute atomic E-state index is 12.0. The molecule has 0 saturated heterocycles. The number of benzene rings is 1. The van der Waals surface area contributed by atoms with E-state index in [4.69, 9.17) is 16.9 Å². The van der Waals surface area contributed by atoms with Gasteiger partial charge in [-0.2, -0.15) is 5.26 Å². The number of carbonyl (C=O) groups excluding carboxylic acids is 1. The van der Waals surface area contributed by atoms with Crippen LogP contribution >= 0.6 is 11.6 Å². The lowest BCUT2D eigenvalue weighted by Crippen LogP contribution is -2.17. The number of rotatable bonds is 2. The molecule has 0 saturated carbocycles. The number of nitrogens with zero attached hydrogens (tertiary/aromatic N) is 1. The van der Waals surface area contributed by atoms with Crippen LogP contribution in [0.3, 0.4) is 0 Å². The number of hydrogen-bond acceptors (Lipinski definition) is 4. The summed E-state index contributed by atoms with van der Waals surface area (Å²) in [4.78, 5) is 11.3. The molecule has 0 unspecified atom stereocenters. The third-order valence-corrected chi connectivity index (χ3v) is 2.11. The van der Waals surface area contributed by atoms with Crippen molar-refractivity contribution in [3.8, 4) is 11.8 Å². The van der Waals surface area contributed by atoms with Gasteiger partial charge in [-0.15, -0.1) is 13.2 Å². The second-order valence-electron chi connectivity index (χ2n) is 2.98. The van der Waals surface area contributed by atoms with Gasteiger partial charge in [-0.1, -0.05) is 11.6 Å². The first kappa shape index (κ1) is 14.1. The predicted molar refractivity (Wildman–Crippen MR) is 54.2 cm³/mol. The van der Waals surface area contributed by atoms with Crippen LogP contribution in [0.4, 0.5) is 13.2 Å². The molecule has 0 amide bonds. The largest absolute Gasteiger partial charge is 0.573 e. The molecule has 0 radical (unpaired) electrons. The van der Waals surface area contributed by atoms with Crippen molar-refractivity contribution in [2.45, 2.75) is 6.36 Å². The minimum absolute atomic E-state index is 0.309. The molecule has 0 N–H and O–H groups in total. The van der Waals surface area contributed by atoms with Crippen molar-refractivity contribution in [3.63, 3.8) is 0 Å². The average molecular weight is 280 g/mol. The first-order valence-electron chi connectivity index (χ1n) is 4.36. The fraction of sp³-hybridized carbons (Fsp3) is 0.200. The summed E-state index contributed by atoms with van der Waals surface area (Å²) in [5.74, 6) is -1.60. The maximum atomic E-state index is 12.0. The van der Waals surface area contributed by atoms with Gasteiger partial charge >= 0.3 is 12.3 Å². The van der Waals surface area contributed by atoms with Crippen LogP contribution < -0.4 is 4.74 Å².